The topological polar surface area (TPSA) is 80.4 Å². The number of aliphatic hydroxyl groups is 1. The third-order valence-corrected chi connectivity index (χ3v) is 2.83. The molecule has 5 nitrogen and oxygen atoms in total. The van der Waals surface area contributed by atoms with Crippen molar-refractivity contribution in [2.24, 2.45) is 0 Å². The number of Topliss-reactive ketones (excluding diaryl/α,β-unsaturated/α-hetero) is 1. The number of aliphatic hydroxyl groups excluding tert-OH is 1. The van der Waals surface area contributed by atoms with Crippen LogP contribution in [0.25, 0.3) is 0 Å². The summed E-state index contributed by atoms with van der Waals surface area (Å²) in [6.07, 6.45) is 0.762. The molecule has 1 N–H and O–H groups in total. The molecule has 0 spiro atoms. The number of hydrogen-bond donors (Lipinski definition) is 1. The zero-order valence-corrected chi connectivity index (χ0v) is 9.05. The molecule has 0 atom stereocenters. The second kappa shape index (κ2) is 4.37. The minimum Gasteiger partial charge on any atom is -0.512 e. The number of nitro benzene ring substituents is 1. The van der Waals surface area contributed by atoms with Gasteiger partial charge in [-0.15, -0.1) is 0 Å². The van der Waals surface area contributed by atoms with Crippen LogP contribution in [0.15, 0.2) is 35.6 Å². The highest BCUT2D eigenvalue weighted by Crippen LogP contribution is 2.27. The molecule has 0 heterocycles. The average molecular weight is 233 g/mol. The maximum absolute atomic E-state index is 11.5. The first-order chi connectivity index (χ1) is 8.09. The number of hydrogen-bond acceptors (Lipinski definition) is 4. The lowest BCUT2D eigenvalue weighted by Crippen LogP contribution is -2.03. The number of rotatable bonds is 3. The lowest BCUT2D eigenvalue weighted by atomic mass is 10.0. The Morgan fingerprint density at radius 1 is 1.29 bits per heavy atom. The van der Waals surface area contributed by atoms with Crippen molar-refractivity contribution < 1.29 is 14.8 Å². The lowest BCUT2D eigenvalue weighted by molar-refractivity contribution is -0.385. The van der Waals surface area contributed by atoms with Crippen LogP contribution in [0.1, 0.15) is 18.4 Å². The molecule has 0 bridgehead atoms. The van der Waals surface area contributed by atoms with E-state index in [2.05, 4.69) is 0 Å². The van der Waals surface area contributed by atoms with Crippen molar-refractivity contribution in [3.8, 4) is 0 Å². The zero-order valence-electron chi connectivity index (χ0n) is 9.05. The molecule has 0 amide bonds. The standard InChI is InChI=1S/C12H11NO4/c14-11-5-6-12(15)9(11)7-8-3-1-2-4-10(8)13(16)17/h1-4,14H,5-7H2. The largest absolute Gasteiger partial charge is 0.512 e. The summed E-state index contributed by atoms with van der Waals surface area (Å²) in [6, 6.07) is 6.25. The second-order valence-electron chi connectivity index (χ2n) is 3.91. The van der Waals surface area contributed by atoms with Crippen molar-refractivity contribution in [2.75, 3.05) is 0 Å². The Hall–Kier alpha value is -2.17. The zero-order chi connectivity index (χ0) is 12.4. The molecular weight excluding hydrogens is 222 g/mol. The van der Waals surface area contributed by atoms with Crippen LogP contribution < -0.4 is 0 Å². The van der Waals surface area contributed by atoms with Crippen LogP contribution in [-0.2, 0) is 11.2 Å². The molecule has 1 aromatic rings. The number of nitrogens with zero attached hydrogens (tertiary/aromatic N) is 1. The summed E-state index contributed by atoms with van der Waals surface area (Å²) < 4.78 is 0. The maximum Gasteiger partial charge on any atom is 0.272 e. The van der Waals surface area contributed by atoms with Crippen molar-refractivity contribution in [3.63, 3.8) is 0 Å². The molecule has 88 valence electrons. The summed E-state index contributed by atoms with van der Waals surface area (Å²) in [4.78, 5) is 21.8. The van der Waals surface area contributed by atoms with E-state index in [9.17, 15) is 20.0 Å². The third-order valence-electron chi connectivity index (χ3n) is 2.83. The van der Waals surface area contributed by atoms with Gasteiger partial charge in [0.15, 0.2) is 5.78 Å². The van der Waals surface area contributed by atoms with Crippen LogP contribution in [0, 0.1) is 10.1 Å². The molecule has 2 rings (SSSR count). The predicted molar refractivity (Wildman–Crippen MR) is 60.7 cm³/mol. The Morgan fingerprint density at radius 3 is 2.59 bits per heavy atom. The van der Waals surface area contributed by atoms with Crippen molar-refractivity contribution in [1.82, 2.24) is 0 Å². The highest BCUT2D eigenvalue weighted by atomic mass is 16.6. The number of benzene rings is 1. The molecule has 0 aromatic heterocycles. The third kappa shape index (κ3) is 2.18. The number of para-hydroxylation sites is 1. The van der Waals surface area contributed by atoms with Gasteiger partial charge in [0, 0.05) is 36.5 Å². The van der Waals surface area contributed by atoms with Gasteiger partial charge in [-0.2, -0.15) is 0 Å². The fraction of sp³-hybridized carbons (Fsp3) is 0.250. The van der Waals surface area contributed by atoms with E-state index < -0.39 is 4.92 Å². The van der Waals surface area contributed by atoms with E-state index in [4.69, 9.17) is 0 Å². The van der Waals surface area contributed by atoms with Crippen LogP contribution in [0.2, 0.25) is 0 Å². The molecule has 0 fully saturated rings. The molecule has 0 saturated carbocycles. The highest BCUT2D eigenvalue weighted by Gasteiger charge is 2.25. The molecule has 1 aliphatic carbocycles. The van der Waals surface area contributed by atoms with Gasteiger partial charge < -0.3 is 5.11 Å². The Bertz CT molecular complexity index is 519. The molecule has 0 aliphatic heterocycles. The van der Waals surface area contributed by atoms with Crippen molar-refractivity contribution >= 4 is 11.5 Å². The van der Waals surface area contributed by atoms with Gasteiger partial charge >= 0.3 is 0 Å². The smallest absolute Gasteiger partial charge is 0.272 e. The molecule has 5 heteroatoms. The second-order valence-corrected chi connectivity index (χ2v) is 3.91. The van der Waals surface area contributed by atoms with Gasteiger partial charge in [0.25, 0.3) is 5.69 Å². The first-order valence-electron chi connectivity index (χ1n) is 5.26. The van der Waals surface area contributed by atoms with Crippen LogP contribution in [0.4, 0.5) is 5.69 Å². The van der Waals surface area contributed by atoms with E-state index in [0.29, 0.717) is 24.0 Å². The SMILES string of the molecule is O=C1CCC(O)=C1Cc1ccccc1[N+](=O)[O-]. The molecule has 0 radical (unpaired) electrons. The number of carbonyl (C=O) groups excluding carboxylic acids is 1. The molecule has 1 aromatic carbocycles. The summed E-state index contributed by atoms with van der Waals surface area (Å²) in [5, 5.41) is 20.3. The first-order valence-corrected chi connectivity index (χ1v) is 5.26. The van der Waals surface area contributed by atoms with E-state index in [0.717, 1.165) is 0 Å². The molecule has 17 heavy (non-hydrogen) atoms. The molecule has 0 unspecified atom stereocenters. The summed E-state index contributed by atoms with van der Waals surface area (Å²) in [6.45, 7) is 0. The Kier molecular flexibility index (Phi) is 2.91. The minimum absolute atomic E-state index is 0.0208. The summed E-state index contributed by atoms with van der Waals surface area (Å²) in [5.41, 5.74) is 0.737. The predicted octanol–water partition coefficient (Wildman–Crippen LogP) is 2.31. The van der Waals surface area contributed by atoms with Gasteiger partial charge in [-0.1, -0.05) is 18.2 Å². The number of allylic oxidation sites excluding steroid dienone is 2. The van der Waals surface area contributed by atoms with Crippen molar-refractivity contribution in [3.05, 3.63) is 51.3 Å². The monoisotopic (exact) mass is 233 g/mol. The Labute approximate surface area is 97.5 Å². The van der Waals surface area contributed by atoms with Crippen LogP contribution in [0.3, 0.4) is 0 Å². The van der Waals surface area contributed by atoms with Crippen LogP contribution >= 0.6 is 0 Å². The minimum atomic E-state index is -0.480. The number of carbonyl (C=O) groups is 1. The van der Waals surface area contributed by atoms with Crippen molar-refractivity contribution in [1.29, 1.82) is 0 Å². The normalized spacial score (nSPS) is 15.4. The lowest BCUT2D eigenvalue weighted by Gasteiger charge is -2.03. The van der Waals surface area contributed by atoms with Gasteiger partial charge in [-0.05, 0) is 0 Å². The first kappa shape index (κ1) is 11.3. The van der Waals surface area contributed by atoms with Gasteiger partial charge in [-0.3, -0.25) is 14.9 Å². The van der Waals surface area contributed by atoms with Gasteiger partial charge in [0.05, 0.1) is 10.7 Å². The number of ketones is 1. The molecule has 1 aliphatic rings. The van der Waals surface area contributed by atoms with Crippen LogP contribution in [0.5, 0.6) is 0 Å². The van der Waals surface area contributed by atoms with E-state index in [1.165, 1.54) is 6.07 Å². The van der Waals surface area contributed by atoms with Gasteiger partial charge in [0.2, 0.25) is 0 Å². The molecular formula is C12H11NO4. The summed E-state index contributed by atoms with van der Waals surface area (Å²) in [7, 11) is 0. The fourth-order valence-corrected chi connectivity index (χ4v) is 1.92. The Balaban J connectivity index is 2.34. The summed E-state index contributed by atoms with van der Waals surface area (Å²) in [5.74, 6) is -0.0613. The van der Waals surface area contributed by atoms with E-state index in [-0.39, 0.29) is 23.7 Å². The average Bonchev–Trinajstić information content (AvgIpc) is 2.61. The van der Waals surface area contributed by atoms with E-state index in [1.807, 2.05) is 0 Å². The maximum atomic E-state index is 11.5. The van der Waals surface area contributed by atoms with E-state index in [1.54, 1.807) is 18.2 Å². The quantitative estimate of drug-likeness (QED) is 0.641. The van der Waals surface area contributed by atoms with Crippen molar-refractivity contribution in [2.45, 2.75) is 19.3 Å². The van der Waals surface area contributed by atoms with Gasteiger partial charge in [0.1, 0.15) is 0 Å². The Morgan fingerprint density at radius 2 is 2.00 bits per heavy atom. The summed E-state index contributed by atoms with van der Waals surface area (Å²) >= 11 is 0. The van der Waals surface area contributed by atoms with E-state index >= 15 is 0 Å². The highest BCUT2D eigenvalue weighted by molar-refractivity contribution is 5.98. The van der Waals surface area contributed by atoms with Crippen LogP contribution in [-0.4, -0.2) is 15.8 Å². The number of nitro groups is 1. The fourth-order valence-electron chi connectivity index (χ4n) is 1.92. The molecule has 0 saturated heterocycles. The van der Waals surface area contributed by atoms with Gasteiger partial charge in [-0.25, -0.2) is 0 Å².